The molecule has 1 aliphatic rings. The van der Waals surface area contributed by atoms with Crippen LogP contribution in [0.2, 0.25) is 0 Å². The summed E-state index contributed by atoms with van der Waals surface area (Å²) in [6.07, 6.45) is 0.247. The normalized spacial score (nSPS) is 15.8. The highest BCUT2D eigenvalue weighted by Gasteiger charge is 2.26. The number of nitriles is 1. The van der Waals surface area contributed by atoms with Crippen molar-refractivity contribution in [1.82, 2.24) is 4.90 Å². The lowest BCUT2D eigenvalue weighted by atomic mass is 10.1. The Morgan fingerprint density at radius 3 is 2.67 bits per heavy atom. The first-order valence-electron chi connectivity index (χ1n) is 7.72. The Balaban J connectivity index is 1.84. The SMILES string of the molecule is N#Cc1cccc(CO)c1N=C1CC(=O)N(Cc2ccccc2)C1. The average Bonchev–Trinajstić information content (AvgIpc) is 2.95. The average molecular weight is 319 g/mol. The summed E-state index contributed by atoms with van der Waals surface area (Å²) in [5, 5.41) is 18.7. The standard InChI is InChI=1S/C19H17N3O2/c20-10-15-7-4-8-16(13-23)19(15)21-17-9-18(24)22(12-17)11-14-5-2-1-3-6-14/h1-8,23H,9,11-13H2. The van der Waals surface area contributed by atoms with E-state index in [4.69, 9.17) is 0 Å². The van der Waals surface area contributed by atoms with Crippen LogP contribution in [-0.2, 0) is 17.9 Å². The number of rotatable bonds is 4. The van der Waals surface area contributed by atoms with Crippen LogP contribution in [0, 0.1) is 11.3 Å². The summed E-state index contributed by atoms with van der Waals surface area (Å²) in [6.45, 7) is 0.799. The molecule has 0 radical (unpaired) electrons. The number of para-hydroxylation sites is 1. The van der Waals surface area contributed by atoms with Crippen molar-refractivity contribution < 1.29 is 9.90 Å². The highest BCUT2D eigenvalue weighted by atomic mass is 16.3. The topological polar surface area (TPSA) is 76.7 Å². The van der Waals surface area contributed by atoms with E-state index in [0.717, 1.165) is 5.56 Å². The molecule has 0 spiro atoms. The van der Waals surface area contributed by atoms with Crippen LogP contribution in [0.15, 0.2) is 53.5 Å². The highest BCUT2D eigenvalue weighted by molar-refractivity contribution is 6.09. The van der Waals surface area contributed by atoms with Crippen LogP contribution in [0.1, 0.15) is 23.1 Å². The number of nitrogens with zero attached hydrogens (tertiary/aromatic N) is 3. The Hall–Kier alpha value is -2.97. The fourth-order valence-electron chi connectivity index (χ4n) is 2.77. The van der Waals surface area contributed by atoms with Crippen LogP contribution >= 0.6 is 0 Å². The van der Waals surface area contributed by atoms with Crippen molar-refractivity contribution in [2.45, 2.75) is 19.6 Å². The van der Waals surface area contributed by atoms with E-state index < -0.39 is 0 Å². The quantitative estimate of drug-likeness (QED) is 0.941. The molecule has 0 aromatic heterocycles. The summed E-state index contributed by atoms with van der Waals surface area (Å²) in [5.41, 5.74) is 3.25. The third kappa shape index (κ3) is 3.34. The van der Waals surface area contributed by atoms with Crippen molar-refractivity contribution in [2.24, 2.45) is 4.99 Å². The molecular weight excluding hydrogens is 302 g/mol. The van der Waals surface area contributed by atoms with E-state index in [-0.39, 0.29) is 18.9 Å². The van der Waals surface area contributed by atoms with Crippen LogP contribution in [0.4, 0.5) is 5.69 Å². The zero-order valence-electron chi connectivity index (χ0n) is 13.1. The summed E-state index contributed by atoms with van der Waals surface area (Å²) in [6, 6.07) is 17.0. The lowest BCUT2D eigenvalue weighted by molar-refractivity contribution is -0.128. The summed E-state index contributed by atoms with van der Waals surface area (Å²) < 4.78 is 0. The van der Waals surface area contributed by atoms with Crippen LogP contribution in [-0.4, -0.2) is 28.2 Å². The van der Waals surface area contributed by atoms with Gasteiger partial charge in [-0.1, -0.05) is 42.5 Å². The minimum Gasteiger partial charge on any atom is -0.392 e. The molecule has 0 atom stereocenters. The molecule has 1 heterocycles. The summed E-state index contributed by atoms with van der Waals surface area (Å²) >= 11 is 0. The number of hydrogen-bond acceptors (Lipinski definition) is 4. The molecule has 0 unspecified atom stereocenters. The minimum atomic E-state index is -0.191. The Morgan fingerprint density at radius 2 is 1.96 bits per heavy atom. The molecule has 2 aromatic carbocycles. The van der Waals surface area contributed by atoms with Crippen molar-refractivity contribution in [2.75, 3.05) is 6.54 Å². The fourth-order valence-corrected chi connectivity index (χ4v) is 2.77. The molecule has 24 heavy (non-hydrogen) atoms. The van der Waals surface area contributed by atoms with E-state index in [1.807, 2.05) is 30.3 Å². The molecule has 5 nitrogen and oxygen atoms in total. The second-order valence-corrected chi connectivity index (χ2v) is 5.67. The number of aliphatic imine (C=N–C) groups is 1. The second kappa shape index (κ2) is 7.07. The number of benzene rings is 2. The molecular formula is C19H17N3O2. The van der Waals surface area contributed by atoms with E-state index >= 15 is 0 Å². The second-order valence-electron chi connectivity index (χ2n) is 5.67. The van der Waals surface area contributed by atoms with E-state index in [1.54, 1.807) is 23.1 Å². The first-order valence-corrected chi connectivity index (χ1v) is 7.72. The van der Waals surface area contributed by atoms with Gasteiger partial charge in [0.05, 0.1) is 30.8 Å². The number of aliphatic hydroxyl groups is 1. The zero-order valence-corrected chi connectivity index (χ0v) is 13.1. The maximum absolute atomic E-state index is 12.2. The van der Waals surface area contributed by atoms with Crippen LogP contribution < -0.4 is 0 Å². The van der Waals surface area contributed by atoms with E-state index in [0.29, 0.717) is 35.6 Å². The number of likely N-dealkylation sites (tertiary alicyclic amines) is 1. The number of carbonyl (C=O) groups is 1. The van der Waals surface area contributed by atoms with Crippen molar-refractivity contribution in [3.8, 4) is 6.07 Å². The monoisotopic (exact) mass is 319 g/mol. The first-order chi connectivity index (χ1) is 11.7. The fraction of sp³-hybridized carbons (Fsp3) is 0.211. The summed E-state index contributed by atoms with van der Waals surface area (Å²) in [7, 11) is 0. The summed E-state index contributed by atoms with van der Waals surface area (Å²) in [5.74, 6) is 0.0255. The van der Waals surface area contributed by atoms with Crippen LogP contribution in [0.3, 0.4) is 0 Å². The molecule has 1 saturated heterocycles. The minimum absolute atomic E-state index is 0.0255. The van der Waals surface area contributed by atoms with Gasteiger partial charge in [0.15, 0.2) is 0 Å². The molecule has 1 fully saturated rings. The van der Waals surface area contributed by atoms with Crippen molar-refractivity contribution in [3.63, 3.8) is 0 Å². The van der Waals surface area contributed by atoms with Gasteiger partial charge >= 0.3 is 0 Å². The Kier molecular flexibility index (Phi) is 4.69. The predicted octanol–water partition coefficient (Wildman–Crippen LogP) is 2.56. The molecule has 1 amide bonds. The number of aliphatic hydroxyl groups excluding tert-OH is 1. The van der Waals surface area contributed by atoms with Gasteiger partial charge in [0, 0.05) is 17.8 Å². The van der Waals surface area contributed by atoms with Crippen molar-refractivity contribution in [1.29, 1.82) is 5.26 Å². The smallest absolute Gasteiger partial charge is 0.228 e. The van der Waals surface area contributed by atoms with Gasteiger partial charge in [-0.3, -0.25) is 9.79 Å². The van der Waals surface area contributed by atoms with Gasteiger partial charge in [0.25, 0.3) is 0 Å². The zero-order chi connectivity index (χ0) is 16.9. The Bertz CT molecular complexity index is 822. The third-order valence-corrected chi connectivity index (χ3v) is 3.98. The molecule has 1 aliphatic heterocycles. The van der Waals surface area contributed by atoms with Crippen LogP contribution in [0.25, 0.3) is 0 Å². The highest BCUT2D eigenvalue weighted by Crippen LogP contribution is 2.26. The Labute approximate surface area is 140 Å². The van der Waals surface area contributed by atoms with Gasteiger partial charge < -0.3 is 10.0 Å². The lowest BCUT2D eigenvalue weighted by Gasteiger charge is -2.14. The number of carbonyl (C=O) groups excluding carboxylic acids is 1. The maximum atomic E-state index is 12.2. The molecule has 0 saturated carbocycles. The molecule has 1 N–H and O–H groups in total. The van der Waals surface area contributed by atoms with Gasteiger partial charge in [-0.15, -0.1) is 0 Å². The van der Waals surface area contributed by atoms with Gasteiger partial charge in [-0.25, -0.2) is 0 Å². The lowest BCUT2D eigenvalue weighted by Crippen LogP contribution is -2.24. The van der Waals surface area contributed by atoms with Gasteiger partial charge in [0.2, 0.25) is 5.91 Å². The molecule has 0 aliphatic carbocycles. The summed E-state index contributed by atoms with van der Waals surface area (Å²) in [4.78, 5) is 18.5. The maximum Gasteiger partial charge on any atom is 0.228 e. The Morgan fingerprint density at radius 1 is 1.17 bits per heavy atom. The van der Waals surface area contributed by atoms with E-state index in [9.17, 15) is 15.2 Å². The number of amides is 1. The first kappa shape index (κ1) is 15.9. The van der Waals surface area contributed by atoms with Crippen LogP contribution in [0.5, 0.6) is 0 Å². The van der Waals surface area contributed by atoms with Crippen molar-refractivity contribution >= 4 is 17.3 Å². The largest absolute Gasteiger partial charge is 0.392 e. The van der Waals surface area contributed by atoms with Gasteiger partial charge in [-0.05, 0) is 11.6 Å². The third-order valence-electron chi connectivity index (χ3n) is 3.98. The molecule has 120 valence electrons. The van der Waals surface area contributed by atoms with Crippen molar-refractivity contribution in [3.05, 3.63) is 65.2 Å². The molecule has 0 bridgehead atoms. The molecule has 5 heteroatoms. The van der Waals surface area contributed by atoms with Gasteiger partial charge in [-0.2, -0.15) is 5.26 Å². The molecule has 2 aromatic rings. The number of hydrogen-bond donors (Lipinski definition) is 1. The predicted molar refractivity (Wildman–Crippen MR) is 90.7 cm³/mol. The molecule has 3 rings (SSSR count). The van der Waals surface area contributed by atoms with E-state index in [1.165, 1.54) is 0 Å². The van der Waals surface area contributed by atoms with E-state index in [2.05, 4.69) is 11.1 Å². The van der Waals surface area contributed by atoms with Gasteiger partial charge in [0.1, 0.15) is 6.07 Å².